The summed E-state index contributed by atoms with van der Waals surface area (Å²) in [6.07, 6.45) is 1.76. The number of hydrogen-bond acceptors (Lipinski definition) is 3. The van der Waals surface area contributed by atoms with Crippen molar-refractivity contribution in [2.24, 2.45) is 5.41 Å². The van der Waals surface area contributed by atoms with Gasteiger partial charge in [-0.1, -0.05) is 51.6 Å². The van der Waals surface area contributed by atoms with Crippen LogP contribution in [0.5, 0.6) is 11.5 Å². The van der Waals surface area contributed by atoms with E-state index in [-0.39, 0.29) is 5.91 Å². The summed E-state index contributed by atoms with van der Waals surface area (Å²) in [6.45, 7) is 9.55. The number of amides is 1. The highest BCUT2D eigenvalue weighted by atomic mass is 16.5. The highest BCUT2D eigenvalue weighted by Gasteiger charge is 2.22. The number of carbonyl (C=O) groups excluding carboxylic acids is 1. The first kappa shape index (κ1) is 18.6. The second kappa shape index (κ2) is 7.43. The maximum Gasteiger partial charge on any atom is 0.229 e. The van der Waals surface area contributed by atoms with Crippen molar-refractivity contribution < 1.29 is 14.3 Å². The standard InChI is InChI=1S/C21H25NO3/c1-7-14-12-18(24-5)19(25-6)13-16(14)15-10-8-9-11-17(15)22-20(23)21(2,3)4/h7-13H,1H2,2-6H3,(H,22,23). The van der Waals surface area contributed by atoms with Crippen molar-refractivity contribution in [2.75, 3.05) is 19.5 Å². The van der Waals surface area contributed by atoms with Crippen LogP contribution in [0.25, 0.3) is 17.2 Å². The van der Waals surface area contributed by atoms with E-state index in [9.17, 15) is 4.79 Å². The minimum Gasteiger partial charge on any atom is -0.493 e. The molecule has 0 spiro atoms. The molecule has 2 aromatic carbocycles. The van der Waals surface area contributed by atoms with Crippen molar-refractivity contribution in [2.45, 2.75) is 20.8 Å². The van der Waals surface area contributed by atoms with Gasteiger partial charge in [-0.05, 0) is 29.3 Å². The molecule has 0 aromatic heterocycles. The molecule has 0 unspecified atom stereocenters. The Hall–Kier alpha value is -2.75. The molecular weight excluding hydrogens is 314 g/mol. The van der Waals surface area contributed by atoms with E-state index in [0.717, 1.165) is 22.4 Å². The average Bonchev–Trinajstić information content (AvgIpc) is 2.60. The van der Waals surface area contributed by atoms with Gasteiger partial charge in [0.05, 0.1) is 14.2 Å². The zero-order valence-electron chi connectivity index (χ0n) is 15.5. The number of hydrogen-bond donors (Lipinski definition) is 1. The largest absolute Gasteiger partial charge is 0.493 e. The van der Waals surface area contributed by atoms with Crippen LogP contribution in [0.1, 0.15) is 26.3 Å². The van der Waals surface area contributed by atoms with Gasteiger partial charge in [0, 0.05) is 16.7 Å². The van der Waals surface area contributed by atoms with Crippen LogP contribution in [-0.4, -0.2) is 20.1 Å². The van der Waals surface area contributed by atoms with Crippen LogP contribution in [0.4, 0.5) is 5.69 Å². The van der Waals surface area contributed by atoms with E-state index < -0.39 is 5.41 Å². The topological polar surface area (TPSA) is 47.6 Å². The van der Waals surface area contributed by atoms with Gasteiger partial charge < -0.3 is 14.8 Å². The molecule has 25 heavy (non-hydrogen) atoms. The van der Waals surface area contributed by atoms with E-state index in [2.05, 4.69) is 11.9 Å². The fourth-order valence-electron chi connectivity index (χ4n) is 2.43. The first-order valence-electron chi connectivity index (χ1n) is 8.11. The summed E-state index contributed by atoms with van der Waals surface area (Å²) < 4.78 is 10.8. The molecule has 1 amide bonds. The van der Waals surface area contributed by atoms with E-state index >= 15 is 0 Å². The van der Waals surface area contributed by atoms with E-state index in [4.69, 9.17) is 9.47 Å². The predicted molar refractivity (Wildman–Crippen MR) is 103 cm³/mol. The Labute approximate surface area is 149 Å². The Balaban J connectivity index is 2.59. The number of nitrogens with one attached hydrogen (secondary N) is 1. The number of para-hydroxylation sites is 1. The summed E-state index contributed by atoms with van der Waals surface area (Å²) in [5.41, 5.74) is 2.98. The maximum absolute atomic E-state index is 12.4. The van der Waals surface area contributed by atoms with Gasteiger partial charge in [-0.3, -0.25) is 4.79 Å². The van der Waals surface area contributed by atoms with Gasteiger partial charge >= 0.3 is 0 Å². The van der Waals surface area contributed by atoms with Crippen molar-refractivity contribution in [3.05, 3.63) is 48.5 Å². The van der Waals surface area contributed by atoms with Crippen LogP contribution in [-0.2, 0) is 4.79 Å². The van der Waals surface area contributed by atoms with Gasteiger partial charge in [0.15, 0.2) is 11.5 Å². The predicted octanol–water partition coefficient (Wildman–Crippen LogP) is 5.00. The van der Waals surface area contributed by atoms with Crippen LogP contribution < -0.4 is 14.8 Å². The average molecular weight is 339 g/mol. The molecule has 1 N–H and O–H groups in total. The van der Waals surface area contributed by atoms with Gasteiger partial charge in [-0.2, -0.15) is 0 Å². The molecule has 0 saturated carbocycles. The molecule has 2 rings (SSSR count). The molecule has 2 aromatic rings. The van der Waals surface area contributed by atoms with Gasteiger partial charge in [-0.15, -0.1) is 0 Å². The summed E-state index contributed by atoms with van der Waals surface area (Å²) in [4.78, 5) is 12.4. The second-order valence-electron chi connectivity index (χ2n) is 6.75. The molecule has 0 heterocycles. The number of ether oxygens (including phenoxy) is 2. The van der Waals surface area contributed by atoms with Crippen molar-refractivity contribution in [1.82, 2.24) is 0 Å². The lowest BCUT2D eigenvalue weighted by molar-refractivity contribution is -0.123. The second-order valence-corrected chi connectivity index (χ2v) is 6.75. The molecule has 4 heteroatoms. The molecule has 0 aliphatic rings. The smallest absolute Gasteiger partial charge is 0.229 e. The summed E-state index contributed by atoms with van der Waals surface area (Å²) in [5.74, 6) is 1.22. The van der Waals surface area contributed by atoms with E-state index in [0.29, 0.717) is 11.5 Å². The molecule has 4 nitrogen and oxygen atoms in total. The minimum atomic E-state index is -0.480. The first-order valence-corrected chi connectivity index (χ1v) is 8.11. The zero-order valence-corrected chi connectivity index (χ0v) is 15.5. The number of benzene rings is 2. The Morgan fingerprint density at radius 3 is 2.20 bits per heavy atom. The molecule has 0 bridgehead atoms. The molecule has 0 aliphatic carbocycles. The summed E-state index contributed by atoms with van der Waals surface area (Å²) in [5, 5.41) is 3.02. The minimum absolute atomic E-state index is 0.0411. The van der Waals surface area contributed by atoms with Crippen LogP contribution in [0, 0.1) is 5.41 Å². The van der Waals surface area contributed by atoms with E-state index in [1.165, 1.54) is 0 Å². The molecule has 0 fully saturated rings. The molecule has 0 radical (unpaired) electrons. The number of rotatable bonds is 5. The molecule has 0 saturated heterocycles. The summed E-state index contributed by atoms with van der Waals surface area (Å²) in [6, 6.07) is 11.5. The zero-order chi connectivity index (χ0) is 18.6. The van der Waals surface area contributed by atoms with Gasteiger partial charge in [0.2, 0.25) is 5.91 Å². The Morgan fingerprint density at radius 2 is 1.64 bits per heavy atom. The molecule has 0 atom stereocenters. The molecule has 132 valence electrons. The normalized spacial score (nSPS) is 10.9. The van der Waals surface area contributed by atoms with Gasteiger partial charge in [0.1, 0.15) is 0 Å². The SMILES string of the molecule is C=Cc1cc(OC)c(OC)cc1-c1ccccc1NC(=O)C(C)(C)C. The third-order valence-corrected chi connectivity index (χ3v) is 3.92. The number of anilines is 1. The molecular formula is C21H25NO3. The van der Waals surface area contributed by atoms with Gasteiger partial charge in [-0.25, -0.2) is 0 Å². The Morgan fingerprint density at radius 1 is 1.04 bits per heavy atom. The lowest BCUT2D eigenvalue weighted by Gasteiger charge is -2.20. The molecule has 0 aliphatic heterocycles. The fraction of sp³-hybridized carbons (Fsp3) is 0.286. The summed E-state index contributed by atoms with van der Waals surface area (Å²) in [7, 11) is 3.20. The lowest BCUT2D eigenvalue weighted by Crippen LogP contribution is -2.27. The fourth-order valence-corrected chi connectivity index (χ4v) is 2.43. The van der Waals surface area contributed by atoms with E-state index in [1.54, 1.807) is 20.3 Å². The lowest BCUT2D eigenvalue weighted by atomic mass is 9.94. The van der Waals surface area contributed by atoms with E-state index in [1.807, 2.05) is 57.2 Å². The first-order chi connectivity index (χ1) is 11.8. The monoisotopic (exact) mass is 339 g/mol. The van der Waals surface area contributed by atoms with Crippen molar-refractivity contribution in [1.29, 1.82) is 0 Å². The van der Waals surface area contributed by atoms with Crippen LogP contribution in [0.3, 0.4) is 0 Å². The maximum atomic E-state index is 12.4. The highest BCUT2D eigenvalue weighted by molar-refractivity contribution is 5.99. The van der Waals surface area contributed by atoms with Crippen LogP contribution in [0.15, 0.2) is 43.0 Å². The third kappa shape index (κ3) is 4.02. The number of carbonyl (C=O) groups is 1. The quantitative estimate of drug-likeness (QED) is 0.834. The summed E-state index contributed by atoms with van der Waals surface area (Å²) >= 11 is 0. The van der Waals surface area contributed by atoms with Crippen LogP contribution >= 0.6 is 0 Å². The van der Waals surface area contributed by atoms with Crippen molar-refractivity contribution in [3.63, 3.8) is 0 Å². The Kier molecular flexibility index (Phi) is 5.52. The van der Waals surface area contributed by atoms with Crippen molar-refractivity contribution >= 4 is 17.7 Å². The highest BCUT2D eigenvalue weighted by Crippen LogP contribution is 2.39. The van der Waals surface area contributed by atoms with Gasteiger partial charge in [0.25, 0.3) is 0 Å². The Bertz CT molecular complexity index is 788. The van der Waals surface area contributed by atoms with Crippen molar-refractivity contribution in [3.8, 4) is 22.6 Å². The number of methoxy groups -OCH3 is 2. The van der Waals surface area contributed by atoms with Crippen LogP contribution in [0.2, 0.25) is 0 Å². The third-order valence-electron chi connectivity index (χ3n) is 3.92.